The number of hydrogen-bond acceptors (Lipinski definition) is 4. The number of rotatable bonds is 3. The first kappa shape index (κ1) is 18.8. The third kappa shape index (κ3) is 3.48. The van der Waals surface area contributed by atoms with Crippen LogP contribution < -0.4 is 10.7 Å². The standard InChI is InChI=1S/C25H19N3O3/c1-14-9-15(2)24-19(10-14)22(29)12-23(31-24)16-3-5-17(6-4-16)25(30)28-18-7-8-20-21(11-18)27-13-26-20/h3-13H,1-2H3,(H,26,27)(H,28,30). The van der Waals surface area contributed by atoms with Gasteiger partial charge in [-0.2, -0.15) is 0 Å². The van der Waals surface area contributed by atoms with Gasteiger partial charge in [-0.15, -0.1) is 0 Å². The largest absolute Gasteiger partial charge is 0.456 e. The highest BCUT2D eigenvalue weighted by molar-refractivity contribution is 6.05. The summed E-state index contributed by atoms with van der Waals surface area (Å²) in [5, 5.41) is 3.46. The van der Waals surface area contributed by atoms with Crippen LogP contribution in [0.3, 0.4) is 0 Å². The number of nitrogens with one attached hydrogen (secondary N) is 2. The summed E-state index contributed by atoms with van der Waals surface area (Å²) < 4.78 is 6.03. The molecule has 0 aliphatic heterocycles. The molecule has 6 nitrogen and oxygen atoms in total. The minimum Gasteiger partial charge on any atom is -0.456 e. The Labute approximate surface area is 177 Å². The van der Waals surface area contributed by atoms with E-state index in [2.05, 4.69) is 15.3 Å². The molecule has 0 bridgehead atoms. The normalized spacial score (nSPS) is 11.2. The van der Waals surface area contributed by atoms with Gasteiger partial charge in [0, 0.05) is 22.9 Å². The van der Waals surface area contributed by atoms with Gasteiger partial charge in [-0.05, 0) is 61.4 Å². The lowest BCUT2D eigenvalue weighted by molar-refractivity contribution is 0.102. The molecule has 5 aromatic rings. The highest BCUT2D eigenvalue weighted by Crippen LogP contribution is 2.25. The number of carbonyl (C=O) groups excluding carboxylic acids is 1. The van der Waals surface area contributed by atoms with Crippen molar-refractivity contribution >= 4 is 33.6 Å². The summed E-state index contributed by atoms with van der Waals surface area (Å²) in [5.41, 5.74) is 6.04. The Balaban J connectivity index is 1.43. The van der Waals surface area contributed by atoms with E-state index in [-0.39, 0.29) is 11.3 Å². The summed E-state index contributed by atoms with van der Waals surface area (Å²) >= 11 is 0. The van der Waals surface area contributed by atoms with E-state index in [4.69, 9.17) is 4.42 Å². The molecule has 2 heterocycles. The van der Waals surface area contributed by atoms with Crippen LogP contribution in [0.1, 0.15) is 21.5 Å². The van der Waals surface area contributed by atoms with E-state index < -0.39 is 0 Å². The van der Waals surface area contributed by atoms with Crippen LogP contribution in [0, 0.1) is 13.8 Å². The third-order valence-electron chi connectivity index (χ3n) is 5.27. The molecule has 5 rings (SSSR count). The third-order valence-corrected chi connectivity index (χ3v) is 5.27. The zero-order valence-corrected chi connectivity index (χ0v) is 17.0. The van der Waals surface area contributed by atoms with Crippen molar-refractivity contribution in [1.29, 1.82) is 0 Å². The number of imidazole rings is 1. The van der Waals surface area contributed by atoms with Gasteiger partial charge in [0.1, 0.15) is 11.3 Å². The smallest absolute Gasteiger partial charge is 0.255 e. The highest BCUT2D eigenvalue weighted by atomic mass is 16.3. The molecule has 3 aromatic carbocycles. The average Bonchev–Trinajstić information content (AvgIpc) is 3.22. The van der Waals surface area contributed by atoms with Gasteiger partial charge in [-0.25, -0.2) is 4.98 Å². The summed E-state index contributed by atoms with van der Waals surface area (Å²) in [6, 6.07) is 17.8. The van der Waals surface area contributed by atoms with Crippen molar-refractivity contribution < 1.29 is 9.21 Å². The van der Waals surface area contributed by atoms with Crippen LogP contribution in [0.2, 0.25) is 0 Å². The second kappa shape index (κ2) is 7.25. The number of amides is 1. The number of hydrogen-bond donors (Lipinski definition) is 2. The van der Waals surface area contributed by atoms with Crippen molar-refractivity contribution in [2.24, 2.45) is 0 Å². The summed E-state index contributed by atoms with van der Waals surface area (Å²) in [4.78, 5) is 32.4. The number of aryl methyl sites for hydroxylation is 2. The molecule has 0 unspecified atom stereocenters. The molecule has 31 heavy (non-hydrogen) atoms. The number of benzene rings is 3. The zero-order valence-electron chi connectivity index (χ0n) is 17.0. The fraction of sp³-hybridized carbons (Fsp3) is 0.0800. The lowest BCUT2D eigenvalue weighted by atomic mass is 10.1. The van der Waals surface area contributed by atoms with E-state index in [1.807, 2.05) is 44.2 Å². The molecule has 0 saturated carbocycles. The Kier molecular flexibility index (Phi) is 4.40. The second-order valence-corrected chi connectivity index (χ2v) is 7.60. The second-order valence-electron chi connectivity index (χ2n) is 7.60. The van der Waals surface area contributed by atoms with Crippen molar-refractivity contribution in [2.75, 3.05) is 5.32 Å². The van der Waals surface area contributed by atoms with Crippen molar-refractivity contribution in [3.8, 4) is 11.3 Å². The van der Waals surface area contributed by atoms with Crippen LogP contribution >= 0.6 is 0 Å². The number of nitrogens with zero attached hydrogens (tertiary/aromatic N) is 1. The van der Waals surface area contributed by atoms with E-state index in [9.17, 15) is 9.59 Å². The maximum absolute atomic E-state index is 12.6. The van der Waals surface area contributed by atoms with Crippen LogP contribution in [-0.2, 0) is 0 Å². The monoisotopic (exact) mass is 409 g/mol. The molecule has 0 atom stereocenters. The van der Waals surface area contributed by atoms with Crippen molar-refractivity contribution in [1.82, 2.24) is 9.97 Å². The SMILES string of the molecule is Cc1cc(C)c2oc(-c3ccc(C(=O)Nc4ccc5nc[nH]c5c4)cc3)cc(=O)c2c1. The summed E-state index contributed by atoms with van der Waals surface area (Å²) in [6.45, 7) is 3.88. The minimum absolute atomic E-state index is 0.0842. The first-order chi connectivity index (χ1) is 15.0. The molecular formula is C25H19N3O3. The van der Waals surface area contributed by atoms with Crippen LogP contribution in [0.25, 0.3) is 33.3 Å². The maximum atomic E-state index is 12.6. The summed E-state index contributed by atoms with van der Waals surface area (Å²) in [6.07, 6.45) is 1.61. The number of H-pyrrole nitrogens is 1. The lowest BCUT2D eigenvalue weighted by Crippen LogP contribution is -2.11. The molecule has 152 valence electrons. The van der Waals surface area contributed by atoms with Gasteiger partial charge in [-0.1, -0.05) is 18.2 Å². The zero-order chi connectivity index (χ0) is 21.5. The van der Waals surface area contributed by atoms with Gasteiger partial charge >= 0.3 is 0 Å². The van der Waals surface area contributed by atoms with Crippen molar-refractivity contribution in [2.45, 2.75) is 13.8 Å². The highest BCUT2D eigenvalue weighted by Gasteiger charge is 2.12. The van der Waals surface area contributed by atoms with Crippen LogP contribution in [0.5, 0.6) is 0 Å². The van der Waals surface area contributed by atoms with Crippen LogP contribution in [0.4, 0.5) is 5.69 Å². The Hall–Kier alpha value is -4.19. The average molecular weight is 409 g/mol. The van der Waals surface area contributed by atoms with Gasteiger partial charge in [-0.3, -0.25) is 9.59 Å². The molecule has 0 aliphatic carbocycles. The van der Waals surface area contributed by atoms with E-state index in [1.54, 1.807) is 30.6 Å². The van der Waals surface area contributed by atoms with Gasteiger partial charge in [0.25, 0.3) is 5.91 Å². The van der Waals surface area contributed by atoms with Gasteiger partial charge in [0.2, 0.25) is 0 Å². The van der Waals surface area contributed by atoms with Crippen LogP contribution in [0.15, 0.2) is 76.2 Å². The molecule has 0 spiro atoms. The van der Waals surface area contributed by atoms with Crippen molar-refractivity contribution in [3.05, 3.63) is 93.9 Å². The molecule has 0 radical (unpaired) electrons. The van der Waals surface area contributed by atoms with E-state index in [0.29, 0.717) is 28.0 Å². The quantitative estimate of drug-likeness (QED) is 0.428. The molecule has 2 aromatic heterocycles. The number of anilines is 1. The molecule has 6 heteroatoms. The maximum Gasteiger partial charge on any atom is 0.255 e. The fourth-order valence-corrected chi connectivity index (χ4v) is 3.75. The first-order valence-corrected chi connectivity index (χ1v) is 9.88. The predicted molar refractivity (Wildman–Crippen MR) is 121 cm³/mol. The summed E-state index contributed by atoms with van der Waals surface area (Å²) in [7, 11) is 0. The number of carbonyl (C=O) groups is 1. The summed E-state index contributed by atoms with van der Waals surface area (Å²) in [5.74, 6) is 0.248. The van der Waals surface area contributed by atoms with Gasteiger partial charge in [0.15, 0.2) is 5.43 Å². The van der Waals surface area contributed by atoms with Crippen molar-refractivity contribution in [3.63, 3.8) is 0 Å². The van der Waals surface area contributed by atoms with Gasteiger partial charge in [0.05, 0.1) is 22.7 Å². The molecule has 1 amide bonds. The number of fused-ring (bicyclic) bond motifs is 2. The Morgan fingerprint density at radius 1 is 1.00 bits per heavy atom. The molecule has 0 saturated heterocycles. The topological polar surface area (TPSA) is 88.0 Å². The Morgan fingerprint density at radius 2 is 1.81 bits per heavy atom. The van der Waals surface area contributed by atoms with E-state index in [1.165, 1.54) is 6.07 Å². The number of aromatic nitrogens is 2. The van der Waals surface area contributed by atoms with E-state index >= 15 is 0 Å². The first-order valence-electron chi connectivity index (χ1n) is 9.88. The molecule has 0 aliphatic rings. The van der Waals surface area contributed by atoms with Gasteiger partial charge < -0.3 is 14.7 Å². The molecular weight excluding hydrogens is 390 g/mol. The van der Waals surface area contributed by atoms with E-state index in [0.717, 1.165) is 27.7 Å². The molecule has 0 fully saturated rings. The van der Waals surface area contributed by atoms with Crippen LogP contribution in [-0.4, -0.2) is 15.9 Å². The lowest BCUT2D eigenvalue weighted by Gasteiger charge is -2.08. The predicted octanol–water partition coefficient (Wildman–Crippen LogP) is 5.21. The minimum atomic E-state index is -0.225. The Morgan fingerprint density at radius 3 is 2.61 bits per heavy atom. The number of aromatic amines is 1. The fourth-order valence-electron chi connectivity index (χ4n) is 3.75. The molecule has 2 N–H and O–H groups in total. The Bertz CT molecular complexity index is 1510.